The molecule has 0 aliphatic heterocycles. The number of aliphatic hydroxyl groups is 1. The first-order valence-electron chi connectivity index (χ1n) is 10.4. The number of pyridine rings is 1. The van der Waals surface area contributed by atoms with E-state index in [2.05, 4.69) is 72.2 Å². The van der Waals surface area contributed by atoms with E-state index >= 15 is 0 Å². The van der Waals surface area contributed by atoms with E-state index in [-0.39, 0.29) is 23.7 Å². The Kier molecular flexibility index (Phi) is 6.38. The minimum atomic E-state index is -0.271. The fourth-order valence-corrected chi connectivity index (χ4v) is 4.03. The number of hydrogen-bond acceptors (Lipinski definition) is 6. The maximum absolute atomic E-state index is 12.8. The SMILES string of the molecule is CC[C@H](c1nnnn1C(C)(C)C)N(CCO)Cc1cc2cc(C)cc(C)c2[nH]c1=O. The minimum absolute atomic E-state index is 0.0166. The van der Waals surface area contributed by atoms with E-state index in [0.29, 0.717) is 18.7 Å². The summed E-state index contributed by atoms with van der Waals surface area (Å²) in [6.45, 7) is 13.1. The van der Waals surface area contributed by atoms with Crippen LogP contribution in [0.15, 0.2) is 23.0 Å². The average Bonchev–Trinajstić information content (AvgIpc) is 3.14. The third-order valence-electron chi connectivity index (χ3n) is 5.39. The molecule has 0 spiro atoms. The number of nitrogens with zero attached hydrogens (tertiary/aromatic N) is 5. The highest BCUT2D eigenvalue weighted by molar-refractivity contribution is 5.82. The predicted octanol–water partition coefficient (Wildman–Crippen LogP) is 2.83. The minimum Gasteiger partial charge on any atom is -0.395 e. The van der Waals surface area contributed by atoms with Crippen molar-refractivity contribution in [3.8, 4) is 0 Å². The maximum Gasteiger partial charge on any atom is 0.252 e. The number of H-pyrrole nitrogens is 1. The molecule has 30 heavy (non-hydrogen) atoms. The Labute approximate surface area is 176 Å². The fraction of sp³-hybridized carbons (Fsp3) is 0.545. The molecule has 1 atom stereocenters. The smallest absolute Gasteiger partial charge is 0.252 e. The summed E-state index contributed by atoms with van der Waals surface area (Å²) < 4.78 is 1.82. The molecule has 2 heterocycles. The molecule has 0 aliphatic rings. The molecule has 0 saturated carbocycles. The van der Waals surface area contributed by atoms with Crippen LogP contribution in [0.4, 0.5) is 0 Å². The molecule has 8 heteroatoms. The Morgan fingerprint density at radius 2 is 1.97 bits per heavy atom. The standard InChI is InChI=1S/C22H32N6O2/c1-7-18(20-24-25-26-28(20)22(4,5)6)27(8-9-29)13-17-12-16-11-14(2)10-15(3)19(16)23-21(17)30/h10-12,18,29H,7-9,13H2,1-6H3,(H,23,30)/t18-/m1/s1. The van der Waals surface area contributed by atoms with Crippen molar-refractivity contribution < 1.29 is 5.11 Å². The van der Waals surface area contributed by atoms with Crippen molar-refractivity contribution in [3.63, 3.8) is 0 Å². The lowest BCUT2D eigenvalue weighted by molar-refractivity contribution is 0.127. The Bertz CT molecular complexity index is 1080. The van der Waals surface area contributed by atoms with Crippen LogP contribution in [0.1, 0.15) is 62.7 Å². The Balaban J connectivity index is 2.02. The molecule has 0 unspecified atom stereocenters. The highest BCUT2D eigenvalue weighted by Gasteiger charge is 2.29. The number of tetrazole rings is 1. The highest BCUT2D eigenvalue weighted by Crippen LogP contribution is 2.27. The van der Waals surface area contributed by atoms with Gasteiger partial charge in [-0.2, -0.15) is 0 Å². The van der Waals surface area contributed by atoms with E-state index in [4.69, 9.17) is 0 Å². The van der Waals surface area contributed by atoms with Crippen molar-refractivity contribution in [2.45, 2.75) is 66.1 Å². The van der Waals surface area contributed by atoms with Gasteiger partial charge in [0.25, 0.3) is 5.56 Å². The molecule has 0 amide bonds. The first-order chi connectivity index (χ1) is 14.2. The summed E-state index contributed by atoms with van der Waals surface area (Å²) in [6, 6.07) is 5.98. The molecule has 1 aromatic carbocycles. The number of aromatic nitrogens is 5. The van der Waals surface area contributed by atoms with Crippen LogP contribution in [0, 0.1) is 13.8 Å². The van der Waals surface area contributed by atoms with Crippen LogP contribution in [0.25, 0.3) is 10.9 Å². The summed E-state index contributed by atoms with van der Waals surface area (Å²) in [5.74, 6) is 0.738. The van der Waals surface area contributed by atoms with Gasteiger partial charge >= 0.3 is 0 Å². The van der Waals surface area contributed by atoms with Gasteiger partial charge in [0.05, 0.1) is 23.7 Å². The summed E-state index contributed by atoms with van der Waals surface area (Å²) in [5.41, 5.74) is 3.35. The van der Waals surface area contributed by atoms with Gasteiger partial charge in [0.15, 0.2) is 5.82 Å². The number of aromatic amines is 1. The van der Waals surface area contributed by atoms with Crippen LogP contribution >= 0.6 is 0 Å². The van der Waals surface area contributed by atoms with E-state index in [1.165, 1.54) is 0 Å². The number of aliphatic hydroxyl groups excluding tert-OH is 1. The molecule has 0 fully saturated rings. The fourth-order valence-electron chi connectivity index (χ4n) is 4.03. The van der Waals surface area contributed by atoms with Crippen molar-refractivity contribution in [2.24, 2.45) is 0 Å². The Morgan fingerprint density at radius 1 is 1.23 bits per heavy atom. The van der Waals surface area contributed by atoms with Crippen molar-refractivity contribution in [1.29, 1.82) is 0 Å². The molecule has 0 saturated heterocycles. The van der Waals surface area contributed by atoms with Crippen molar-refractivity contribution in [1.82, 2.24) is 30.1 Å². The highest BCUT2D eigenvalue weighted by atomic mass is 16.3. The number of rotatable bonds is 7. The van der Waals surface area contributed by atoms with Crippen LogP contribution < -0.4 is 5.56 Å². The molecule has 0 aliphatic carbocycles. The van der Waals surface area contributed by atoms with Gasteiger partial charge in [-0.25, -0.2) is 4.68 Å². The zero-order valence-electron chi connectivity index (χ0n) is 18.7. The largest absolute Gasteiger partial charge is 0.395 e. The van der Waals surface area contributed by atoms with Gasteiger partial charge in [-0.3, -0.25) is 9.69 Å². The van der Waals surface area contributed by atoms with E-state index < -0.39 is 0 Å². The molecular weight excluding hydrogens is 380 g/mol. The summed E-state index contributed by atoms with van der Waals surface area (Å²) >= 11 is 0. The van der Waals surface area contributed by atoms with Crippen LogP contribution in [0.5, 0.6) is 0 Å². The third-order valence-corrected chi connectivity index (χ3v) is 5.39. The molecule has 8 nitrogen and oxygen atoms in total. The Morgan fingerprint density at radius 3 is 2.60 bits per heavy atom. The van der Waals surface area contributed by atoms with Gasteiger partial charge in [0.1, 0.15) is 0 Å². The molecule has 2 N–H and O–H groups in total. The van der Waals surface area contributed by atoms with E-state index in [1.54, 1.807) is 0 Å². The second kappa shape index (κ2) is 8.65. The number of aryl methyl sites for hydroxylation is 2. The molecule has 3 rings (SSSR count). The van der Waals surface area contributed by atoms with Crippen LogP contribution in [0.2, 0.25) is 0 Å². The van der Waals surface area contributed by atoms with E-state index in [9.17, 15) is 9.90 Å². The van der Waals surface area contributed by atoms with Gasteiger partial charge in [-0.1, -0.05) is 18.6 Å². The summed E-state index contributed by atoms with van der Waals surface area (Å²) in [4.78, 5) is 18.0. The molecule has 3 aromatic rings. The van der Waals surface area contributed by atoms with Gasteiger partial charge in [-0.05, 0) is 74.5 Å². The van der Waals surface area contributed by atoms with Gasteiger partial charge in [0, 0.05) is 18.7 Å². The Hall–Kier alpha value is -2.58. The third kappa shape index (κ3) is 4.44. The molecule has 162 valence electrons. The topological polar surface area (TPSA) is 99.9 Å². The van der Waals surface area contributed by atoms with Crippen LogP contribution in [-0.2, 0) is 12.1 Å². The van der Waals surface area contributed by atoms with Crippen molar-refractivity contribution in [2.75, 3.05) is 13.2 Å². The van der Waals surface area contributed by atoms with Crippen molar-refractivity contribution >= 4 is 10.9 Å². The number of fused-ring (bicyclic) bond motifs is 1. The lowest BCUT2D eigenvalue weighted by Crippen LogP contribution is -2.36. The lowest BCUT2D eigenvalue weighted by Gasteiger charge is -2.31. The first-order valence-corrected chi connectivity index (χ1v) is 10.4. The van der Waals surface area contributed by atoms with Gasteiger partial charge in [0.2, 0.25) is 0 Å². The van der Waals surface area contributed by atoms with E-state index in [1.807, 2.05) is 17.7 Å². The quantitative estimate of drug-likeness (QED) is 0.619. The lowest BCUT2D eigenvalue weighted by atomic mass is 10.0. The van der Waals surface area contributed by atoms with Gasteiger partial charge in [-0.15, -0.1) is 5.10 Å². The molecule has 2 aromatic heterocycles. The zero-order valence-corrected chi connectivity index (χ0v) is 18.7. The second-order valence-electron chi connectivity index (χ2n) is 8.91. The average molecular weight is 413 g/mol. The number of nitrogens with one attached hydrogen (secondary N) is 1. The van der Waals surface area contributed by atoms with Crippen molar-refractivity contribution in [3.05, 3.63) is 51.1 Å². The second-order valence-corrected chi connectivity index (χ2v) is 8.91. The normalized spacial score (nSPS) is 13.3. The predicted molar refractivity (Wildman–Crippen MR) is 117 cm³/mol. The monoisotopic (exact) mass is 412 g/mol. The molecule has 0 bridgehead atoms. The summed E-state index contributed by atoms with van der Waals surface area (Å²) in [6.07, 6.45) is 0.750. The molecular formula is C22H32N6O2. The maximum atomic E-state index is 12.8. The first kappa shape index (κ1) is 22.1. The van der Waals surface area contributed by atoms with E-state index in [0.717, 1.165) is 34.3 Å². The molecule has 0 radical (unpaired) electrons. The number of benzene rings is 1. The number of hydrogen-bond donors (Lipinski definition) is 2. The summed E-state index contributed by atoms with van der Waals surface area (Å²) in [7, 11) is 0. The van der Waals surface area contributed by atoms with Gasteiger partial charge < -0.3 is 10.1 Å². The van der Waals surface area contributed by atoms with Crippen LogP contribution in [0.3, 0.4) is 0 Å². The summed E-state index contributed by atoms with van der Waals surface area (Å²) in [5, 5.41) is 23.1. The zero-order chi connectivity index (χ0) is 22.1. The van der Waals surface area contributed by atoms with Crippen LogP contribution in [-0.4, -0.2) is 48.3 Å².